The Morgan fingerprint density at radius 1 is 1.07 bits per heavy atom. The predicted molar refractivity (Wildman–Crippen MR) is 44.9 cm³/mol. The SMILES string of the molecule is FC(F)(F)CCCOCC(Br)C(F)(F)F. The molecule has 1 atom stereocenters. The van der Waals surface area contributed by atoms with Gasteiger partial charge >= 0.3 is 12.4 Å². The van der Waals surface area contributed by atoms with Crippen LogP contribution in [0.4, 0.5) is 26.3 Å². The molecule has 0 aliphatic rings. The first-order chi connectivity index (χ1) is 6.63. The number of rotatable bonds is 5. The van der Waals surface area contributed by atoms with Crippen molar-refractivity contribution >= 4 is 15.9 Å². The molecule has 0 aliphatic carbocycles. The highest BCUT2D eigenvalue weighted by Crippen LogP contribution is 2.26. The van der Waals surface area contributed by atoms with Crippen molar-refractivity contribution < 1.29 is 31.1 Å². The van der Waals surface area contributed by atoms with Crippen molar-refractivity contribution in [3.63, 3.8) is 0 Å². The number of ether oxygens (including phenoxy) is 1. The first-order valence-electron chi connectivity index (χ1n) is 3.98. The van der Waals surface area contributed by atoms with Gasteiger partial charge in [0.05, 0.1) is 6.61 Å². The molecule has 0 fully saturated rings. The summed E-state index contributed by atoms with van der Waals surface area (Å²) in [6, 6.07) is 0. The van der Waals surface area contributed by atoms with Crippen molar-refractivity contribution in [2.45, 2.75) is 30.0 Å². The van der Waals surface area contributed by atoms with Crippen LogP contribution in [0.3, 0.4) is 0 Å². The fourth-order valence-corrected chi connectivity index (χ4v) is 0.843. The van der Waals surface area contributed by atoms with E-state index in [9.17, 15) is 26.3 Å². The molecule has 8 heteroatoms. The molecule has 0 bridgehead atoms. The smallest absolute Gasteiger partial charge is 0.380 e. The molecule has 0 aromatic carbocycles. The second kappa shape index (κ2) is 5.93. The van der Waals surface area contributed by atoms with E-state index in [0.717, 1.165) is 0 Å². The zero-order chi connectivity index (χ0) is 12.1. The van der Waals surface area contributed by atoms with E-state index in [0.29, 0.717) is 0 Å². The molecule has 0 amide bonds. The van der Waals surface area contributed by atoms with E-state index in [2.05, 4.69) is 20.7 Å². The Kier molecular flexibility index (Phi) is 5.94. The van der Waals surface area contributed by atoms with E-state index in [1.165, 1.54) is 0 Å². The molecule has 0 aromatic rings. The maximum absolute atomic E-state index is 11.8. The summed E-state index contributed by atoms with van der Waals surface area (Å²) in [5, 5.41) is 0. The minimum Gasteiger partial charge on any atom is -0.380 e. The summed E-state index contributed by atoms with van der Waals surface area (Å²) in [4.78, 5) is -1.84. The van der Waals surface area contributed by atoms with Crippen molar-refractivity contribution in [2.24, 2.45) is 0 Å². The highest BCUT2D eigenvalue weighted by atomic mass is 79.9. The van der Waals surface area contributed by atoms with Crippen LogP contribution in [-0.2, 0) is 4.74 Å². The van der Waals surface area contributed by atoms with Crippen molar-refractivity contribution in [3.05, 3.63) is 0 Å². The second-order valence-corrected chi connectivity index (χ2v) is 3.91. The van der Waals surface area contributed by atoms with E-state index >= 15 is 0 Å². The van der Waals surface area contributed by atoms with E-state index in [-0.39, 0.29) is 13.0 Å². The van der Waals surface area contributed by atoms with E-state index in [1.807, 2.05) is 0 Å². The van der Waals surface area contributed by atoms with Crippen molar-refractivity contribution in [1.82, 2.24) is 0 Å². The minimum absolute atomic E-state index is 0.332. The third kappa shape index (κ3) is 8.98. The average molecular weight is 303 g/mol. The molecule has 0 heterocycles. The molecule has 1 unspecified atom stereocenters. The molecule has 1 nitrogen and oxygen atoms in total. The van der Waals surface area contributed by atoms with Gasteiger partial charge in [-0.1, -0.05) is 15.9 Å². The molecule has 0 spiro atoms. The lowest BCUT2D eigenvalue weighted by Crippen LogP contribution is -2.27. The first kappa shape index (κ1) is 15.0. The Hall–Kier alpha value is 0.0200. The van der Waals surface area contributed by atoms with E-state index < -0.39 is 30.2 Å². The van der Waals surface area contributed by atoms with Gasteiger partial charge in [-0.3, -0.25) is 0 Å². The van der Waals surface area contributed by atoms with Crippen LogP contribution in [0.1, 0.15) is 12.8 Å². The molecule has 0 aromatic heterocycles. The molecule has 0 N–H and O–H groups in total. The van der Waals surface area contributed by atoms with Crippen molar-refractivity contribution in [2.75, 3.05) is 13.2 Å². The summed E-state index contributed by atoms with van der Waals surface area (Å²) >= 11 is 2.32. The summed E-state index contributed by atoms with van der Waals surface area (Å²) < 4.78 is 74.7. The van der Waals surface area contributed by atoms with Crippen LogP contribution in [0.5, 0.6) is 0 Å². The van der Waals surface area contributed by atoms with Gasteiger partial charge in [0.15, 0.2) is 0 Å². The second-order valence-electron chi connectivity index (χ2n) is 2.80. The molecule has 0 aliphatic heterocycles. The first-order valence-corrected chi connectivity index (χ1v) is 4.90. The topological polar surface area (TPSA) is 9.23 Å². The molecule has 0 rings (SSSR count). The van der Waals surface area contributed by atoms with E-state index in [1.54, 1.807) is 0 Å². The lowest BCUT2D eigenvalue weighted by molar-refractivity contribution is -0.145. The Labute approximate surface area is 90.9 Å². The number of hydrogen-bond acceptors (Lipinski definition) is 1. The van der Waals surface area contributed by atoms with Gasteiger partial charge in [0.2, 0.25) is 0 Å². The molecule has 0 saturated carbocycles. The zero-order valence-electron chi connectivity index (χ0n) is 7.46. The summed E-state index contributed by atoms with van der Waals surface area (Å²) in [5.74, 6) is 0. The van der Waals surface area contributed by atoms with Crippen LogP contribution in [0.2, 0.25) is 0 Å². The van der Waals surface area contributed by atoms with Gasteiger partial charge in [0.25, 0.3) is 0 Å². The zero-order valence-corrected chi connectivity index (χ0v) is 9.05. The van der Waals surface area contributed by atoms with Crippen LogP contribution >= 0.6 is 15.9 Å². The molecule has 0 radical (unpaired) electrons. The summed E-state index contributed by atoms with van der Waals surface area (Å²) in [6.07, 6.45) is -10.1. The van der Waals surface area contributed by atoms with Gasteiger partial charge in [0, 0.05) is 13.0 Å². The van der Waals surface area contributed by atoms with Crippen LogP contribution in [0, 0.1) is 0 Å². The van der Waals surface area contributed by atoms with Gasteiger partial charge in [-0.15, -0.1) is 0 Å². The van der Waals surface area contributed by atoms with Crippen molar-refractivity contribution in [1.29, 1.82) is 0 Å². The number of halogens is 7. The van der Waals surface area contributed by atoms with Crippen LogP contribution in [0.25, 0.3) is 0 Å². The normalized spacial score (nSPS) is 15.4. The fourth-order valence-electron chi connectivity index (χ4n) is 0.656. The van der Waals surface area contributed by atoms with Crippen LogP contribution in [0.15, 0.2) is 0 Å². The summed E-state index contributed by atoms with van der Waals surface area (Å²) in [6.45, 7) is -1.01. The average Bonchev–Trinajstić information content (AvgIpc) is 1.99. The largest absolute Gasteiger partial charge is 0.403 e. The third-order valence-corrected chi connectivity index (χ3v) is 2.15. The highest BCUT2D eigenvalue weighted by molar-refractivity contribution is 9.09. The summed E-state index contributed by atoms with van der Waals surface area (Å²) in [5.41, 5.74) is 0. The quantitative estimate of drug-likeness (QED) is 0.428. The van der Waals surface area contributed by atoms with Crippen molar-refractivity contribution in [3.8, 4) is 0 Å². The highest BCUT2D eigenvalue weighted by Gasteiger charge is 2.37. The van der Waals surface area contributed by atoms with Crippen LogP contribution in [-0.4, -0.2) is 30.4 Å². The van der Waals surface area contributed by atoms with Gasteiger partial charge in [-0.25, -0.2) is 0 Å². The van der Waals surface area contributed by atoms with Gasteiger partial charge < -0.3 is 4.74 Å². The van der Waals surface area contributed by atoms with E-state index in [4.69, 9.17) is 0 Å². The number of alkyl halides is 7. The molecular weight excluding hydrogens is 294 g/mol. The summed E-state index contributed by atoms with van der Waals surface area (Å²) in [7, 11) is 0. The molecule has 0 saturated heterocycles. The third-order valence-electron chi connectivity index (χ3n) is 1.37. The standard InChI is InChI=1S/C7H9BrF6O/c8-5(7(12,13)14)4-15-3-1-2-6(9,10)11/h5H,1-4H2. The maximum atomic E-state index is 11.8. The van der Waals surface area contributed by atoms with Crippen LogP contribution < -0.4 is 0 Å². The maximum Gasteiger partial charge on any atom is 0.403 e. The lowest BCUT2D eigenvalue weighted by atomic mass is 10.3. The Morgan fingerprint density at radius 2 is 1.60 bits per heavy atom. The monoisotopic (exact) mass is 302 g/mol. The fraction of sp³-hybridized carbons (Fsp3) is 1.00. The number of hydrogen-bond donors (Lipinski definition) is 0. The Balaban J connectivity index is 3.48. The lowest BCUT2D eigenvalue weighted by Gasteiger charge is -2.14. The predicted octanol–water partition coefficient (Wildman–Crippen LogP) is 3.67. The van der Waals surface area contributed by atoms with Gasteiger partial charge in [0.1, 0.15) is 4.83 Å². The molecule has 92 valence electrons. The Bertz CT molecular complexity index is 177. The molecule has 15 heavy (non-hydrogen) atoms. The minimum atomic E-state index is -4.44. The van der Waals surface area contributed by atoms with Gasteiger partial charge in [-0.05, 0) is 6.42 Å². The molecular formula is C7H9BrF6O. The van der Waals surface area contributed by atoms with Gasteiger partial charge in [-0.2, -0.15) is 26.3 Å². The Morgan fingerprint density at radius 3 is 2.00 bits per heavy atom.